The van der Waals surface area contributed by atoms with Crippen LogP contribution < -0.4 is 15.5 Å². The molecule has 1 aromatic heterocycles. The van der Waals surface area contributed by atoms with Gasteiger partial charge in [0.05, 0.1) is 11.7 Å². The van der Waals surface area contributed by atoms with Crippen molar-refractivity contribution in [3.8, 4) is 0 Å². The van der Waals surface area contributed by atoms with Crippen LogP contribution >= 0.6 is 11.3 Å². The third-order valence-electron chi connectivity index (χ3n) is 4.47. The maximum absolute atomic E-state index is 12.1. The molecule has 1 fully saturated rings. The Labute approximate surface area is 175 Å². The first-order valence-electron chi connectivity index (χ1n) is 9.85. The summed E-state index contributed by atoms with van der Waals surface area (Å²) in [5.74, 6) is -0.187. The maximum atomic E-state index is 12.1. The Morgan fingerprint density at radius 1 is 1.28 bits per heavy atom. The first-order chi connectivity index (χ1) is 13.8. The van der Waals surface area contributed by atoms with Gasteiger partial charge in [-0.05, 0) is 45.7 Å². The van der Waals surface area contributed by atoms with Crippen molar-refractivity contribution in [1.29, 1.82) is 0 Å². The number of carbonyl (C=O) groups excluding carboxylic acids is 2. The average Bonchev–Trinajstić information content (AvgIpc) is 3.30. The number of anilines is 2. The van der Waals surface area contributed by atoms with Crippen molar-refractivity contribution in [3.63, 3.8) is 0 Å². The Bertz CT molecular complexity index is 832. The molecule has 2 heterocycles. The van der Waals surface area contributed by atoms with Crippen molar-refractivity contribution in [2.45, 2.75) is 51.7 Å². The Hall–Kier alpha value is -2.61. The van der Waals surface area contributed by atoms with Gasteiger partial charge in [0, 0.05) is 30.6 Å². The van der Waals surface area contributed by atoms with Gasteiger partial charge in [0.25, 0.3) is 0 Å². The van der Waals surface area contributed by atoms with Crippen LogP contribution in [0.25, 0.3) is 0 Å². The van der Waals surface area contributed by atoms with Gasteiger partial charge in [0.1, 0.15) is 5.60 Å². The van der Waals surface area contributed by atoms with E-state index in [1.54, 1.807) is 20.8 Å². The predicted molar refractivity (Wildman–Crippen MR) is 115 cm³/mol. The lowest BCUT2D eigenvalue weighted by atomic mass is 10.1. The number of benzene rings is 1. The van der Waals surface area contributed by atoms with Crippen LogP contribution in [0.1, 0.15) is 51.8 Å². The van der Waals surface area contributed by atoms with E-state index in [4.69, 9.17) is 4.74 Å². The minimum atomic E-state index is -0.558. The molecule has 3 rings (SSSR count). The molecule has 0 bridgehead atoms. The zero-order valence-corrected chi connectivity index (χ0v) is 17.9. The molecule has 0 spiro atoms. The number of carbonyl (C=O) groups is 2. The smallest absolute Gasteiger partial charge is 0.407 e. The van der Waals surface area contributed by atoms with Crippen LogP contribution in [-0.4, -0.2) is 35.7 Å². The van der Waals surface area contributed by atoms with E-state index in [0.717, 1.165) is 25.1 Å². The lowest BCUT2D eigenvalue weighted by Gasteiger charge is -2.25. The number of alkyl carbamates (subject to hydrolysis) is 1. The summed E-state index contributed by atoms with van der Waals surface area (Å²) in [5, 5.41) is 8.00. The minimum Gasteiger partial charge on any atom is -0.444 e. The first kappa shape index (κ1) is 21.1. The van der Waals surface area contributed by atoms with Gasteiger partial charge in [-0.3, -0.25) is 4.79 Å². The summed E-state index contributed by atoms with van der Waals surface area (Å²) in [5.41, 5.74) is 1.62. The number of aromatic nitrogens is 1. The summed E-state index contributed by atoms with van der Waals surface area (Å²) < 4.78 is 5.15. The fraction of sp³-hybridized carbons (Fsp3) is 0.476. The van der Waals surface area contributed by atoms with E-state index in [-0.39, 0.29) is 24.9 Å². The third kappa shape index (κ3) is 6.19. The molecule has 0 radical (unpaired) electrons. The highest BCUT2D eigenvalue weighted by molar-refractivity contribution is 7.13. The van der Waals surface area contributed by atoms with Crippen molar-refractivity contribution in [2.24, 2.45) is 0 Å². The quantitative estimate of drug-likeness (QED) is 0.732. The maximum Gasteiger partial charge on any atom is 0.407 e. The zero-order valence-electron chi connectivity index (χ0n) is 17.1. The molecule has 1 saturated heterocycles. The van der Waals surface area contributed by atoms with E-state index >= 15 is 0 Å². The normalized spacial score (nSPS) is 16.5. The molecule has 0 saturated carbocycles. The molecule has 1 aromatic carbocycles. The van der Waals surface area contributed by atoms with Gasteiger partial charge in [-0.2, -0.15) is 0 Å². The van der Waals surface area contributed by atoms with E-state index in [2.05, 4.69) is 32.7 Å². The van der Waals surface area contributed by atoms with Gasteiger partial charge < -0.3 is 20.3 Å². The molecule has 2 aromatic rings. The number of amides is 2. The number of thiazole rings is 1. The van der Waals surface area contributed by atoms with Crippen LogP contribution in [0.4, 0.5) is 15.6 Å². The number of hydrogen-bond acceptors (Lipinski definition) is 6. The molecule has 7 nitrogen and oxygen atoms in total. The molecule has 1 aliphatic rings. The van der Waals surface area contributed by atoms with Crippen LogP contribution in [0.5, 0.6) is 0 Å². The van der Waals surface area contributed by atoms with Crippen LogP contribution in [0, 0.1) is 0 Å². The number of ether oxygens (including phenoxy) is 1. The van der Waals surface area contributed by atoms with Gasteiger partial charge in [0.15, 0.2) is 5.13 Å². The molecule has 2 amide bonds. The molecule has 1 atom stereocenters. The van der Waals surface area contributed by atoms with Crippen LogP contribution in [0.3, 0.4) is 0 Å². The monoisotopic (exact) mass is 416 g/mol. The van der Waals surface area contributed by atoms with E-state index in [1.807, 2.05) is 23.6 Å². The molecule has 29 heavy (non-hydrogen) atoms. The molecule has 0 unspecified atom stereocenters. The van der Waals surface area contributed by atoms with Crippen molar-refractivity contribution in [2.75, 3.05) is 23.3 Å². The molecule has 156 valence electrons. The summed E-state index contributed by atoms with van der Waals surface area (Å²) >= 11 is 1.43. The van der Waals surface area contributed by atoms with Crippen LogP contribution in [-0.2, 0) is 9.53 Å². The number of hydrogen-bond donors (Lipinski definition) is 2. The summed E-state index contributed by atoms with van der Waals surface area (Å²) in [6.45, 7) is 6.60. The van der Waals surface area contributed by atoms with Gasteiger partial charge in [-0.15, -0.1) is 11.3 Å². The Kier molecular flexibility index (Phi) is 6.74. The molecule has 1 aliphatic heterocycles. The Balaban J connectivity index is 1.50. The summed E-state index contributed by atoms with van der Waals surface area (Å²) in [6.07, 6.45) is 1.80. The number of para-hydroxylation sites is 1. The van der Waals surface area contributed by atoms with Gasteiger partial charge in [-0.1, -0.05) is 18.2 Å². The number of nitrogens with one attached hydrogen (secondary N) is 2. The number of nitrogens with zero attached hydrogens (tertiary/aromatic N) is 2. The second-order valence-corrected chi connectivity index (χ2v) is 8.85. The fourth-order valence-corrected chi connectivity index (χ4v) is 4.05. The van der Waals surface area contributed by atoms with E-state index in [9.17, 15) is 9.59 Å². The van der Waals surface area contributed by atoms with E-state index in [1.165, 1.54) is 17.0 Å². The highest BCUT2D eigenvalue weighted by Gasteiger charge is 2.28. The summed E-state index contributed by atoms with van der Waals surface area (Å²) in [4.78, 5) is 30.8. The van der Waals surface area contributed by atoms with Crippen LogP contribution in [0.2, 0.25) is 0 Å². The van der Waals surface area contributed by atoms with Gasteiger partial charge in [0.2, 0.25) is 5.91 Å². The van der Waals surface area contributed by atoms with Crippen molar-refractivity contribution >= 4 is 34.2 Å². The third-order valence-corrected chi connectivity index (χ3v) is 5.25. The van der Waals surface area contributed by atoms with Crippen molar-refractivity contribution in [3.05, 3.63) is 41.4 Å². The summed E-state index contributed by atoms with van der Waals surface area (Å²) in [7, 11) is 0. The predicted octanol–water partition coefficient (Wildman–Crippen LogP) is 4.34. The topological polar surface area (TPSA) is 83.6 Å². The Morgan fingerprint density at radius 2 is 2.03 bits per heavy atom. The highest BCUT2D eigenvalue weighted by Crippen LogP contribution is 2.37. The van der Waals surface area contributed by atoms with Crippen molar-refractivity contribution in [1.82, 2.24) is 10.3 Å². The van der Waals surface area contributed by atoms with Gasteiger partial charge in [-0.25, -0.2) is 9.78 Å². The lowest BCUT2D eigenvalue weighted by molar-refractivity contribution is -0.116. The van der Waals surface area contributed by atoms with E-state index < -0.39 is 11.7 Å². The SMILES string of the molecule is CC(C)(C)OC(=O)NCCC(=O)Nc1nc([C@H]2CCCN2c2ccccc2)cs1. The first-order valence-corrected chi connectivity index (χ1v) is 10.7. The molecule has 8 heteroatoms. The fourth-order valence-electron chi connectivity index (χ4n) is 3.27. The second-order valence-electron chi connectivity index (χ2n) is 7.99. The summed E-state index contributed by atoms with van der Waals surface area (Å²) in [6, 6.07) is 10.6. The van der Waals surface area contributed by atoms with E-state index in [0.29, 0.717) is 5.13 Å². The molecule has 0 aliphatic carbocycles. The largest absolute Gasteiger partial charge is 0.444 e. The van der Waals surface area contributed by atoms with Crippen molar-refractivity contribution < 1.29 is 14.3 Å². The van der Waals surface area contributed by atoms with Gasteiger partial charge >= 0.3 is 6.09 Å². The standard InChI is InChI=1S/C21H28N4O3S/c1-21(2,3)28-20(27)22-12-11-18(26)24-19-23-16(14-29-19)17-10-7-13-25(17)15-8-5-4-6-9-15/h4-6,8-9,14,17H,7,10-13H2,1-3H3,(H,22,27)(H,23,24,26)/t17-/m1/s1. The molecular weight excluding hydrogens is 388 g/mol. The minimum absolute atomic E-state index is 0.160. The highest BCUT2D eigenvalue weighted by atomic mass is 32.1. The molecule has 2 N–H and O–H groups in total. The Morgan fingerprint density at radius 3 is 2.76 bits per heavy atom. The average molecular weight is 417 g/mol. The van der Waals surface area contributed by atoms with Crippen LogP contribution in [0.15, 0.2) is 35.7 Å². The zero-order chi connectivity index (χ0) is 20.9. The lowest BCUT2D eigenvalue weighted by Crippen LogP contribution is -2.34. The second kappa shape index (κ2) is 9.26. The molecular formula is C21H28N4O3S. The number of rotatable bonds is 6.